The minimum absolute atomic E-state index is 0.125. The molecule has 27 heavy (non-hydrogen) atoms. The summed E-state index contributed by atoms with van der Waals surface area (Å²) in [5, 5.41) is 8.32. The number of sulfone groups is 1. The van der Waals surface area contributed by atoms with E-state index >= 15 is 0 Å². The summed E-state index contributed by atoms with van der Waals surface area (Å²) in [6.07, 6.45) is 2.31. The third-order valence-electron chi connectivity index (χ3n) is 3.74. The largest absolute Gasteiger partial charge is 0.444 e. The molecule has 0 aliphatic heterocycles. The second kappa shape index (κ2) is 7.75. The number of alkyl carbamates (subject to hydrolysis) is 1. The van der Waals surface area contributed by atoms with Gasteiger partial charge in [-0.3, -0.25) is 4.79 Å². The molecule has 0 spiro atoms. The Morgan fingerprint density at radius 1 is 1.22 bits per heavy atom. The van der Waals surface area contributed by atoms with Gasteiger partial charge in [0.1, 0.15) is 11.6 Å². The van der Waals surface area contributed by atoms with Gasteiger partial charge >= 0.3 is 6.09 Å². The van der Waals surface area contributed by atoms with E-state index in [0.29, 0.717) is 11.4 Å². The molecule has 9 heteroatoms. The summed E-state index contributed by atoms with van der Waals surface area (Å²) in [5.74, 6) is -0.481. The number of benzene rings is 1. The maximum atomic E-state index is 12.5. The maximum absolute atomic E-state index is 12.5. The number of carbonyl (C=O) groups excluding carboxylic acids is 2. The van der Waals surface area contributed by atoms with Gasteiger partial charge in [-0.25, -0.2) is 13.2 Å². The minimum atomic E-state index is -3.47. The summed E-state index contributed by atoms with van der Waals surface area (Å²) in [4.78, 5) is 24.4. The Kier molecular flexibility index (Phi) is 6.04. The van der Waals surface area contributed by atoms with E-state index < -0.39 is 33.5 Å². The summed E-state index contributed by atoms with van der Waals surface area (Å²) in [6, 6.07) is 4.02. The van der Waals surface area contributed by atoms with Crippen molar-refractivity contribution in [1.29, 1.82) is 0 Å². The molecule has 0 unspecified atom stereocenters. The van der Waals surface area contributed by atoms with Gasteiger partial charge in [0.05, 0.1) is 16.3 Å². The minimum Gasteiger partial charge on any atom is -0.444 e. The van der Waals surface area contributed by atoms with E-state index in [-0.39, 0.29) is 10.9 Å². The monoisotopic (exact) mass is 397 g/mol. The first kappa shape index (κ1) is 21.0. The number of ether oxygens (including phenoxy) is 1. The highest BCUT2D eigenvalue weighted by Crippen LogP contribution is 2.34. The molecule has 1 saturated carbocycles. The second-order valence-corrected chi connectivity index (χ2v) is 9.71. The van der Waals surface area contributed by atoms with Crippen molar-refractivity contribution in [2.24, 2.45) is 0 Å². The molecule has 1 fully saturated rings. The summed E-state index contributed by atoms with van der Waals surface area (Å²) >= 11 is 0. The highest BCUT2D eigenvalue weighted by atomic mass is 32.2. The lowest BCUT2D eigenvalue weighted by Crippen LogP contribution is -2.44. The molecule has 1 aliphatic carbocycles. The SMILES string of the molecule is C[C@H](NC(=O)OC(C)(C)C)C(=O)Nc1cccc(S(C)(=O)=O)c1NC1CC1. The zero-order chi connectivity index (χ0) is 20.4. The molecule has 1 atom stereocenters. The van der Waals surface area contributed by atoms with Crippen LogP contribution in [0.3, 0.4) is 0 Å². The maximum Gasteiger partial charge on any atom is 0.408 e. The number of hydrogen-bond donors (Lipinski definition) is 3. The number of anilines is 2. The van der Waals surface area contributed by atoms with Crippen LogP contribution < -0.4 is 16.0 Å². The van der Waals surface area contributed by atoms with Gasteiger partial charge in [0.25, 0.3) is 0 Å². The number of hydrogen-bond acceptors (Lipinski definition) is 6. The Balaban J connectivity index is 2.15. The van der Waals surface area contributed by atoms with E-state index in [4.69, 9.17) is 4.74 Å². The zero-order valence-electron chi connectivity index (χ0n) is 16.3. The average Bonchev–Trinajstić information content (AvgIpc) is 3.29. The Hall–Kier alpha value is -2.29. The first-order valence-corrected chi connectivity index (χ1v) is 10.7. The molecule has 1 aromatic rings. The summed E-state index contributed by atoms with van der Waals surface area (Å²) < 4.78 is 29.3. The van der Waals surface area contributed by atoms with Gasteiger partial charge in [0.15, 0.2) is 9.84 Å². The molecule has 2 amide bonds. The second-order valence-electron chi connectivity index (χ2n) is 7.73. The van der Waals surface area contributed by atoms with Crippen LogP contribution in [-0.4, -0.2) is 44.4 Å². The van der Waals surface area contributed by atoms with Crippen LogP contribution in [0.5, 0.6) is 0 Å². The van der Waals surface area contributed by atoms with E-state index in [1.165, 1.54) is 13.0 Å². The van der Waals surface area contributed by atoms with Crippen LogP contribution >= 0.6 is 0 Å². The summed E-state index contributed by atoms with van der Waals surface area (Å²) in [5.41, 5.74) is 0.0545. The number of para-hydroxylation sites is 1. The van der Waals surface area contributed by atoms with Gasteiger partial charge in [-0.15, -0.1) is 0 Å². The Bertz CT molecular complexity index is 826. The highest BCUT2D eigenvalue weighted by Gasteiger charge is 2.27. The Morgan fingerprint density at radius 2 is 1.85 bits per heavy atom. The van der Waals surface area contributed by atoms with Crippen LogP contribution in [0.4, 0.5) is 16.2 Å². The van der Waals surface area contributed by atoms with Crippen molar-refractivity contribution in [1.82, 2.24) is 5.32 Å². The predicted molar refractivity (Wildman–Crippen MR) is 104 cm³/mol. The van der Waals surface area contributed by atoms with Crippen LogP contribution in [0.1, 0.15) is 40.5 Å². The van der Waals surface area contributed by atoms with E-state index in [2.05, 4.69) is 16.0 Å². The first-order chi connectivity index (χ1) is 12.4. The van der Waals surface area contributed by atoms with E-state index in [9.17, 15) is 18.0 Å². The average molecular weight is 397 g/mol. The van der Waals surface area contributed by atoms with Crippen LogP contribution in [0.25, 0.3) is 0 Å². The van der Waals surface area contributed by atoms with E-state index in [1.54, 1.807) is 32.9 Å². The molecule has 0 radical (unpaired) electrons. The molecule has 3 N–H and O–H groups in total. The third-order valence-corrected chi connectivity index (χ3v) is 4.88. The number of carbonyl (C=O) groups is 2. The molecule has 0 bridgehead atoms. The molecular weight excluding hydrogens is 370 g/mol. The number of rotatable bonds is 6. The smallest absolute Gasteiger partial charge is 0.408 e. The van der Waals surface area contributed by atoms with Gasteiger partial charge < -0.3 is 20.7 Å². The normalized spacial score (nSPS) is 15.6. The van der Waals surface area contributed by atoms with Crippen molar-refractivity contribution in [2.75, 3.05) is 16.9 Å². The highest BCUT2D eigenvalue weighted by molar-refractivity contribution is 7.90. The lowest BCUT2D eigenvalue weighted by Gasteiger charge is -2.22. The van der Waals surface area contributed by atoms with Gasteiger partial charge in [0.2, 0.25) is 5.91 Å². The molecule has 1 aromatic carbocycles. The lowest BCUT2D eigenvalue weighted by molar-refractivity contribution is -0.117. The van der Waals surface area contributed by atoms with Gasteiger partial charge in [0, 0.05) is 12.3 Å². The topological polar surface area (TPSA) is 114 Å². The van der Waals surface area contributed by atoms with Gasteiger partial charge in [-0.05, 0) is 52.7 Å². The van der Waals surface area contributed by atoms with Crippen molar-refractivity contribution in [3.63, 3.8) is 0 Å². The van der Waals surface area contributed by atoms with E-state index in [1.807, 2.05) is 0 Å². The van der Waals surface area contributed by atoms with Gasteiger partial charge in [-0.1, -0.05) is 6.07 Å². The fraction of sp³-hybridized carbons (Fsp3) is 0.556. The van der Waals surface area contributed by atoms with Crippen LogP contribution in [0.15, 0.2) is 23.1 Å². The third kappa shape index (κ3) is 6.42. The van der Waals surface area contributed by atoms with Crippen molar-refractivity contribution < 1.29 is 22.7 Å². The molecule has 8 nitrogen and oxygen atoms in total. The van der Waals surface area contributed by atoms with Crippen molar-refractivity contribution in [3.8, 4) is 0 Å². The molecule has 0 heterocycles. The van der Waals surface area contributed by atoms with Gasteiger partial charge in [-0.2, -0.15) is 0 Å². The fourth-order valence-electron chi connectivity index (χ4n) is 2.32. The van der Waals surface area contributed by atoms with Crippen LogP contribution in [-0.2, 0) is 19.4 Å². The molecule has 0 saturated heterocycles. The standard InChI is InChI=1S/C18H27N3O5S/c1-11(19-17(23)26-18(2,3)4)16(22)21-13-7-6-8-14(27(5,24)25)15(13)20-12-9-10-12/h6-8,11-12,20H,9-10H2,1-5H3,(H,19,23)(H,21,22)/t11-/m0/s1. The lowest BCUT2D eigenvalue weighted by atomic mass is 10.2. The predicted octanol–water partition coefficient (Wildman–Crippen LogP) is 2.52. The molecule has 150 valence electrons. The summed E-state index contributed by atoms with van der Waals surface area (Å²) in [7, 11) is -3.47. The molecular formula is C18H27N3O5S. The molecule has 0 aromatic heterocycles. The van der Waals surface area contributed by atoms with Crippen molar-refractivity contribution in [3.05, 3.63) is 18.2 Å². The zero-order valence-corrected chi connectivity index (χ0v) is 17.1. The number of amides is 2. The van der Waals surface area contributed by atoms with Crippen LogP contribution in [0.2, 0.25) is 0 Å². The summed E-state index contributed by atoms with van der Waals surface area (Å²) in [6.45, 7) is 6.70. The Morgan fingerprint density at radius 3 is 2.37 bits per heavy atom. The molecule has 1 aliphatic rings. The van der Waals surface area contributed by atoms with Crippen LogP contribution in [0, 0.1) is 0 Å². The van der Waals surface area contributed by atoms with Crippen molar-refractivity contribution in [2.45, 2.75) is 63.1 Å². The quantitative estimate of drug-likeness (QED) is 0.680. The fourth-order valence-corrected chi connectivity index (χ4v) is 3.18. The Labute approximate surface area is 160 Å². The molecule has 2 rings (SSSR count). The van der Waals surface area contributed by atoms with Crippen molar-refractivity contribution >= 4 is 33.2 Å². The first-order valence-electron chi connectivity index (χ1n) is 8.77. The van der Waals surface area contributed by atoms with E-state index in [0.717, 1.165) is 19.1 Å². The number of nitrogens with one attached hydrogen (secondary N) is 3.